The van der Waals surface area contributed by atoms with Crippen molar-refractivity contribution in [2.24, 2.45) is 5.92 Å². The number of halogens is 3. The fourth-order valence-electron chi connectivity index (χ4n) is 2.17. The molecule has 0 aliphatic carbocycles. The largest absolute Gasteiger partial charge is 0.435 e. The molecule has 0 radical (unpaired) electrons. The molecule has 140 valence electrons. The first-order valence-electron chi connectivity index (χ1n) is 7.94. The highest BCUT2D eigenvalue weighted by atomic mass is 19.4. The van der Waals surface area contributed by atoms with Crippen molar-refractivity contribution in [3.63, 3.8) is 0 Å². The number of carbonyl (C=O) groups is 2. The van der Waals surface area contributed by atoms with Gasteiger partial charge >= 0.3 is 6.18 Å². The van der Waals surface area contributed by atoms with Gasteiger partial charge in [0.25, 0.3) is 0 Å². The van der Waals surface area contributed by atoms with Gasteiger partial charge in [0.05, 0.1) is 0 Å². The summed E-state index contributed by atoms with van der Waals surface area (Å²) in [5, 5.41) is 8.61. The summed E-state index contributed by atoms with van der Waals surface area (Å²) in [6.07, 6.45) is -3.05. The minimum absolute atomic E-state index is 0.101. The van der Waals surface area contributed by atoms with Crippen molar-refractivity contribution in [3.05, 3.63) is 42.2 Å². The monoisotopic (exact) mass is 368 g/mol. The topological polar surface area (TPSA) is 76.0 Å². The minimum atomic E-state index is -4.54. The van der Waals surface area contributed by atoms with Gasteiger partial charge in [0.1, 0.15) is 6.54 Å². The molecule has 2 rings (SSSR count). The summed E-state index contributed by atoms with van der Waals surface area (Å²) in [4.78, 5) is 23.6. The minimum Gasteiger partial charge on any atom is -0.326 e. The van der Waals surface area contributed by atoms with E-state index in [1.807, 2.05) is 13.8 Å². The lowest BCUT2D eigenvalue weighted by atomic mass is 10.1. The van der Waals surface area contributed by atoms with E-state index in [9.17, 15) is 22.8 Å². The summed E-state index contributed by atoms with van der Waals surface area (Å²) in [5.74, 6) is -0.372. The molecule has 0 aliphatic heterocycles. The van der Waals surface area contributed by atoms with Crippen molar-refractivity contribution in [1.82, 2.24) is 9.78 Å². The first-order chi connectivity index (χ1) is 12.1. The lowest BCUT2D eigenvalue weighted by Gasteiger charge is -2.09. The maximum absolute atomic E-state index is 12.5. The predicted molar refractivity (Wildman–Crippen MR) is 90.4 cm³/mol. The Balaban J connectivity index is 1.89. The van der Waals surface area contributed by atoms with Gasteiger partial charge in [0.2, 0.25) is 11.8 Å². The second kappa shape index (κ2) is 8.03. The van der Waals surface area contributed by atoms with Crippen LogP contribution in [0.4, 0.5) is 24.5 Å². The average molecular weight is 368 g/mol. The third-order valence-corrected chi connectivity index (χ3v) is 3.28. The molecular formula is C17H19F3N4O2. The number of aromatic nitrogens is 2. The van der Waals surface area contributed by atoms with Gasteiger partial charge in [-0.2, -0.15) is 18.3 Å². The zero-order chi connectivity index (χ0) is 19.3. The molecule has 1 aromatic carbocycles. The summed E-state index contributed by atoms with van der Waals surface area (Å²) in [5.41, 5.74) is 0.00222. The van der Waals surface area contributed by atoms with E-state index in [2.05, 4.69) is 15.7 Å². The maximum atomic E-state index is 12.5. The second-order valence-corrected chi connectivity index (χ2v) is 6.17. The van der Waals surface area contributed by atoms with E-state index in [0.29, 0.717) is 17.8 Å². The van der Waals surface area contributed by atoms with E-state index in [1.54, 1.807) is 24.3 Å². The molecule has 1 heterocycles. The molecule has 0 saturated carbocycles. The van der Waals surface area contributed by atoms with Crippen LogP contribution in [0.1, 0.15) is 26.0 Å². The van der Waals surface area contributed by atoms with Crippen molar-refractivity contribution >= 4 is 23.2 Å². The molecule has 9 heteroatoms. The number of alkyl halides is 3. The Morgan fingerprint density at radius 1 is 1.04 bits per heavy atom. The van der Waals surface area contributed by atoms with E-state index in [4.69, 9.17) is 0 Å². The molecule has 0 fully saturated rings. The number of nitrogens with one attached hydrogen (secondary N) is 2. The number of carbonyl (C=O) groups excluding carboxylic acids is 2. The average Bonchev–Trinajstić information content (AvgIpc) is 2.97. The third-order valence-electron chi connectivity index (χ3n) is 3.28. The van der Waals surface area contributed by atoms with Crippen LogP contribution >= 0.6 is 0 Å². The van der Waals surface area contributed by atoms with Crippen LogP contribution in [0.3, 0.4) is 0 Å². The summed E-state index contributed by atoms with van der Waals surface area (Å²) >= 11 is 0. The molecule has 1 aromatic heterocycles. The molecule has 6 nitrogen and oxygen atoms in total. The van der Waals surface area contributed by atoms with Crippen LogP contribution in [0.5, 0.6) is 0 Å². The fourth-order valence-corrected chi connectivity index (χ4v) is 2.17. The number of amides is 2. The molecule has 0 saturated heterocycles. The second-order valence-electron chi connectivity index (χ2n) is 6.17. The van der Waals surface area contributed by atoms with Crippen molar-refractivity contribution < 1.29 is 22.8 Å². The van der Waals surface area contributed by atoms with Crippen LogP contribution in [0.2, 0.25) is 0 Å². The fraction of sp³-hybridized carbons (Fsp3) is 0.353. The smallest absolute Gasteiger partial charge is 0.326 e. The predicted octanol–water partition coefficient (Wildman–Crippen LogP) is 3.53. The Morgan fingerprint density at radius 3 is 2.04 bits per heavy atom. The summed E-state index contributed by atoms with van der Waals surface area (Å²) < 4.78 is 38.3. The van der Waals surface area contributed by atoms with E-state index in [1.165, 1.54) is 0 Å². The Bertz CT molecular complexity index is 767. The number of anilines is 2. The normalized spacial score (nSPS) is 11.5. The highest BCUT2D eigenvalue weighted by Crippen LogP contribution is 2.27. The van der Waals surface area contributed by atoms with Gasteiger partial charge in [-0.15, -0.1) is 0 Å². The number of benzene rings is 1. The van der Waals surface area contributed by atoms with Crippen LogP contribution in [0.25, 0.3) is 0 Å². The zero-order valence-corrected chi connectivity index (χ0v) is 14.3. The SMILES string of the molecule is CC(C)CC(=O)Nc1ccc(NC(=O)Cn2ccc(C(F)(F)F)n2)cc1. The summed E-state index contributed by atoms with van der Waals surface area (Å²) in [6, 6.07) is 7.25. The molecule has 0 bridgehead atoms. The number of hydrogen-bond acceptors (Lipinski definition) is 3. The Kier molecular flexibility index (Phi) is 6.01. The van der Waals surface area contributed by atoms with Crippen LogP contribution < -0.4 is 10.6 Å². The highest BCUT2D eigenvalue weighted by Gasteiger charge is 2.33. The van der Waals surface area contributed by atoms with Gasteiger partial charge in [0.15, 0.2) is 5.69 Å². The Morgan fingerprint density at radius 2 is 1.58 bits per heavy atom. The summed E-state index contributed by atoms with van der Waals surface area (Å²) in [7, 11) is 0. The highest BCUT2D eigenvalue weighted by molar-refractivity contribution is 5.92. The van der Waals surface area contributed by atoms with Crippen molar-refractivity contribution in [2.75, 3.05) is 10.6 Å². The molecule has 0 aliphatic rings. The van der Waals surface area contributed by atoms with Gasteiger partial charge in [-0.1, -0.05) is 13.8 Å². The molecule has 0 spiro atoms. The van der Waals surface area contributed by atoms with E-state index < -0.39 is 17.8 Å². The van der Waals surface area contributed by atoms with E-state index in [0.717, 1.165) is 16.9 Å². The van der Waals surface area contributed by atoms with Gasteiger partial charge < -0.3 is 10.6 Å². The van der Waals surface area contributed by atoms with Crippen LogP contribution in [-0.4, -0.2) is 21.6 Å². The number of rotatable bonds is 6. The molecule has 2 N–H and O–H groups in total. The number of nitrogens with zero attached hydrogens (tertiary/aromatic N) is 2. The van der Waals surface area contributed by atoms with Crippen molar-refractivity contribution in [2.45, 2.75) is 33.0 Å². The van der Waals surface area contributed by atoms with Gasteiger partial charge in [0, 0.05) is 24.0 Å². The van der Waals surface area contributed by atoms with Gasteiger partial charge in [-0.3, -0.25) is 14.3 Å². The van der Waals surface area contributed by atoms with E-state index >= 15 is 0 Å². The standard InChI is InChI=1S/C17H19F3N4O2/c1-11(2)9-15(25)21-12-3-5-13(6-4-12)22-16(26)10-24-8-7-14(23-24)17(18,19)20/h3-8,11H,9-10H2,1-2H3,(H,21,25)(H,22,26). The summed E-state index contributed by atoms with van der Waals surface area (Å²) in [6.45, 7) is 3.54. The van der Waals surface area contributed by atoms with Crippen LogP contribution in [-0.2, 0) is 22.3 Å². The molecule has 26 heavy (non-hydrogen) atoms. The molecular weight excluding hydrogens is 349 g/mol. The van der Waals surface area contributed by atoms with Crippen molar-refractivity contribution in [3.8, 4) is 0 Å². The van der Waals surface area contributed by atoms with Crippen molar-refractivity contribution in [1.29, 1.82) is 0 Å². The quantitative estimate of drug-likeness (QED) is 0.819. The molecule has 0 unspecified atom stereocenters. The lowest BCUT2D eigenvalue weighted by molar-refractivity contribution is -0.141. The molecule has 2 amide bonds. The van der Waals surface area contributed by atoms with E-state index in [-0.39, 0.29) is 18.4 Å². The zero-order valence-electron chi connectivity index (χ0n) is 14.3. The first kappa shape index (κ1) is 19.5. The van der Waals surface area contributed by atoms with Gasteiger partial charge in [-0.25, -0.2) is 0 Å². The van der Waals surface area contributed by atoms with Crippen LogP contribution in [0, 0.1) is 5.92 Å². The Hall–Kier alpha value is -2.84. The maximum Gasteiger partial charge on any atom is 0.435 e. The third kappa shape index (κ3) is 5.91. The van der Waals surface area contributed by atoms with Crippen LogP contribution in [0.15, 0.2) is 36.5 Å². The molecule has 0 atom stereocenters. The van der Waals surface area contributed by atoms with Gasteiger partial charge in [-0.05, 0) is 36.2 Å². The lowest BCUT2D eigenvalue weighted by Crippen LogP contribution is -2.20. The number of hydrogen-bond donors (Lipinski definition) is 2. The molecule has 2 aromatic rings. The first-order valence-corrected chi connectivity index (χ1v) is 7.94. The Labute approximate surface area is 148 Å².